The van der Waals surface area contributed by atoms with Crippen LogP contribution < -0.4 is 5.32 Å². The van der Waals surface area contributed by atoms with Gasteiger partial charge in [0, 0.05) is 34.9 Å². The Morgan fingerprint density at radius 2 is 2.00 bits per heavy atom. The van der Waals surface area contributed by atoms with Crippen molar-refractivity contribution in [2.24, 2.45) is 5.92 Å². The molecule has 3 aromatic rings. The van der Waals surface area contributed by atoms with Crippen LogP contribution in [0.1, 0.15) is 18.6 Å². The smallest absolute Gasteiger partial charge is 0.280 e. The molecular formula is C16H16BrN5O2. The van der Waals surface area contributed by atoms with Crippen molar-refractivity contribution in [1.82, 2.24) is 25.6 Å². The van der Waals surface area contributed by atoms with Crippen LogP contribution in [-0.2, 0) is 6.42 Å². The summed E-state index contributed by atoms with van der Waals surface area (Å²) in [7, 11) is 0. The molecule has 124 valence electrons. The maximum Gasteiger partial charge on any atom is 0.280 e. The molecule has 0 spiro atoms. The van der Waals surface area contributed by atoms with E-state index in [1.807, 2.05) is 12.1 Å². The Morgan fingerprint density at radius 1 is 1.12 bits per heavy atom. The lowest BCUT2D eigenvalue weighted by Gasteiger charge is -2.21. The Morgan fingerprint density at radius 3 is 2.83 bits per heavy atom. The monoisotopic (exact) mass is 389 g/mol. The Hall–Kier alpha value is -2.06. The number of hydrogen-bond acceptors (Lipinski definition) is 7. The molecule has 1 fully saturated rings. The first-order chi connectivity index (χ1) is 11.8. The van der Waals surface area contributed by atoms with Crippen LogP contribution in [0.4, 0.5) is 0 Å². The van der Waals surface area contributed by atoms with Crippen LogP contribution in [0.15, 0.2) is 38.0 Å². The third-order valence-electron chi connectivity index (χ3n) is 4.12. The molecule has 4 rings (SSSR count). The van der Waals surface area contributed by atoms with E-state index in [0.29, 0.717) is 23.3 Å². The number of nitrogens with one attached hydrogen (secondary N) is 1. The minimum atomic E-state index is 0.352. The molecule has 0 atom stereocenters. The van der Waals surface area contributed by atoms with Crippen LogP contribution in [0, 0.1) is 5.92 Å². The molecule has 0 saturated carbocycles. The largest absolute Gasteiger partial charge is 0.361 e. The minimum absolute atomic E-state index is 0.352. The van der Waals surface area contributed by atoms with E-state index in [1.165, 1.54) is 0 Å². The van der Waals surface area contributed by atoms with Crippen LogP contribution >= 0.6 is 15.9 Å². The second kappa shape index (κ2) is 6.82. The van der Waals surface area contributed by atoms with Gasteiger partial charge in [-0.2, -0.15) is 4.98 Å². The minimum Gasteiger partial charge on any atom is -0.361 e. The van der Waals surface area contributed by atoms with Crippen molar-refractivity contribution in [3.8, 4) is 23.0 Å². The molecule has 0 amide bonds. The second-order valence-electron chi connectivity index (χ2n) is 5.89. The fraction of sp³-hybridized carbons (Fsp3) is 0.375. The van der Waals surface area contributed by atoms with Crippen molar-refractivity contribution in [1.29, 1.82) is 0 Å². The molecule has 3 aromatic heterocycles. The first-order valence-electron chi connectivity index (χ1n) is 7.89. The summed E-state index contributed by atoms with van der Waals surface area (Å²) >= 11 is 3.38. The summed E-state index contributed by atoms with van der Waals surface area (Å²) in [5.74, 6) is 2.32. The fourth-order valence-electron chi connectivity index (χ4n) is 2.86. The van der Waals surface area contributed by atoms with Gasteiger partial charge in [0.15, 0.2) is 5.69 Å². The van der Waals surface area contributed by atoms with Crippen molar-refractivity contribution in [3.63, 3.8) is 0 Å². The van der Waals surface area contributed by atoms with E-state index in [9.17, 15) is 0 Å². The zero-order chi connectivity index (χ0) is 16.4. The highest BCUT2D eigenvalue weighted by Gasteiger charge is 2.19. The second-order valence-corrected chi connectivity index (χ2v) is 6.81. The van der Waals surface area contributed by atoms with E-state index in [2.05, 4.69) is 41.5 Å². The lowest BCUT2D eigenvalue weighted by atomic mass is 9.93. The van der Waals surface area contributed by atoms with Gasteiger partial charge in [-0.05, 0) is 53.8 Å². The number of rotatable bonds is 4. The van der Waals surface area contributed by atoms with Gasteiger partial charge in [-0.3, -0.25) is 4.98 Å². The lowest BCUT2D eigenvalue weighted by molar-refractivity contribution is 0.318. The van der Waals surface area contributed by atoms with Crippen LogP contribution in [0.25, 0.3) is 23.0 Å². The zero-order valence-corrected chi connectivity index (χ0v) is 14.5. The maximum atomic E-state index is 5.44. The van der Waals surface area contributed by atoms with Crippen molar-refractivity contribution in [2.75, 3.05) is 13.1 Å². The fourth-order valence-corrected chi connectivity index (χ4v) is 3.22. The molecule has 24 heavy (non-hydrogen) atoms. The molecular weight excluding hydrogens is 374 g/mol. The first kappa shape index (κ1) is 15.5. The van der Waals surface area contributed by atoms with E-state index in [4.69, 9.17) is 9.05 Å². The highest BCUT2D eigenvalue weighted by molar-refractivity contribution is 9.10. The van der Waals surface area contributed by atoms with Crippen LogP contribution in [-0.4, -0.2) is 33.4 Å². The predicted molar refractivity (Wildman–Crippen MR) is 90.0 cm³/mol. The normalized spacial score (nSPS) is 15.7. The number of nitrogens with zero attached hydrogens (tertiary/aromatic N) is 4. The first-order valence-corrected chi connectivity index (χ1v) is 8.68. The molecule has 0 aromatic carbocycles. The van der Waals surface area contributed by atoms with Crippen molar-refractivity contribution < 1.29 is 9.05 Å². The molecule has 0 aliphatic carbocycles. The number of piperidine rings is 1. The number of halogens is 1. The lowest BCUT2D eigenvalue weighted by Crippen LogP contribution is -2.28. The van der Waals surface area contributed by atoms with Gasteiger partial charge in [0.05, 0.1) is 0 Å². The maximum absolute atomic E-state index is 5.44. The molecule has 1 saturated heterocycles. The van der Waals surface area contributed by atoms with Crippen LogP contribution in [0.5, 0.6) is 0 Å². The molecule has 1 aliphatic rings. The predicted octanol–water partition coefficient (Wildman–Crippen LogP) is 3.09. The van der Waals surface area contributed by atoms with Gasteiger partial charge < -0.3 is 14.4 Å². The average Bonchev–Trinajstić information content (AvgIpc) is 3.25. The highest BCUT2D eigenvalue weighted by Crippen LogP contribution is 2.25. The van der Waals surface area contributed by atoms with E-state index >= 15 is 0 Å². The summed E-state index contributed by atoms with van der Waals surface area (Å²) in [5, 5.41) is 11.4. The number of pyridine rings is 1. The Labute approximate surface area is 147 Å². The topological polar surface area (TPSA) is 89.9 Å². The van der Waals surface area contributed by atoms with Crippen molar-refractivity contribution in [3.05, 3.63) is 34.8 Å². The number of aromatic nitrogens is 4. The third-order valence-corrected chi connectivity index (χ3v) is 4.55. The van der Waals surface area contributed by atoms with E-state index < -0.39 is 0 Å². The Bertz CT molecular complexity index is 825. The summed E-state index contributed by atoms with van der Waals surface area (Å²) in [6.07, 6.45) is 6.61. The average molecular weight is 390 g/mol. The summed E-state index contributed by atoms with van der Waals surface area (Å²) in [5.41, 5.74) is 1.35. The van der Waals surface area contributed by atoms with Crippen LogP contribution in [0.2, 0.25) is 0 Å². The molecule has 1 aliphatic heterocycles. The SMILES string of the molecule is Brc1cncc(-c2noc(-c3cc(CC4CCNCC4)on3)n2)c1. The van der Waals surface area contributed by atoms with Crippen LogP contribution in [0.3, 0.4) is 0 Å². The van der Waals surface area contributed by atoms with E-state index in [0.717, 1.165) is 48.1 Å². The summed E-state index contributed by atoms with van der Waals surface area (Å²) in [6, 6.07) is 3.77. The summed E-state index contributed by atoms with van der Waals surface area (Å²) in [4.78, 5) is 8.48. The molecule has 0 unspecified atom stereocenters. The quantitative estimate of drug-likeness (QED) is 0.732. The van der Waals surface area contributed by atoms with E-state index in [-0.39, 0.29) is 0 Å². The molecule has 0 radical (unpaired) electrons. The van der Waals surface area contributed by atoms with Gasteiger partial charge in [-0.1, -0.05) is 10.3 Å². The molecule has 8 heteroatoms. The molecule has 7 nitrogen and oxygen atoms in total. The standard InChI is InChI=1S/C16H16BrN5O2/c17-12-6-11(8-19-9-12)15-20-16(24-22-15)14-7-13(23-21-14)5-10-1-3-18-4-2-10/h6-10,18H,1-5H2. The van der Waals surface area contributed by atoms with Gasteiger partial charge in [-0.15, -0.1) is 0 Å². The zero-order valence-electron chi connectivity index (χ0n) is 12.9. The Kier molecular flexibility index (Phi) is 4.40. The third kappa shape index (κ3) is 3.39. The molecule has 1 N–H and O–H groups in total. The van der Waals surface area contributed by atoms with Gasteiger partial charge in [0.1, 0.15) is 5.76 Å². The molecule has 4 heterocycles. The molecule has 0 bridgehead atoms. The summed E-state index contributed by atoms with van der Waals surface area (Å²) in [6.45, 7) is 2.14. The highest BCUT2D eigenvalue weighted by atomic mass is 79.9. The van der Waals surface area contributed by atoms with Gasteiger partial charge in [0.25, 0.3) is 5.89 Å². The Balaban J connectivity index is 1.50. The van der Waals surface area contributed by atoms with Gasteiger partial charge >= 0.3 is 0 Å². The van der Waals surface area contributed by atoms with Crippen molar-refractivity contribution >= 4 is 15.9 Å². The van der Waals surface area contributed by atoms with Gasteiger partial charge in [-0.25, -0.2) is 0 Å². The van der Waals surface area contributed by atoms with Gasteiger partial charge in [0.2, 0.25) is 5.82 Å². The number of hydrogen-bond donors (Lipinski definition) is 1. The summed E-state index contributed by atoms with van der Waals surface area (Å²) < 4.78 is 11.6. The van der Waals surface area contributed by atoms with Crippen molar-refractivity contribution in [2.45, 2.75) is 19.3 Å². The van der Waals surface area contributed by atoms with E-state index in [1.54, 1.807) is 12.4 Å².